The predicted molar refractivity (Wildman–Crippen MR) is 69.0 cm³/mol. The summed E-state index contributed by atoms with van der Waals surface area (Å²) < 4.78 is 10.1. The van der Waals surface area contributed by atoms with E-state index >= 15 is 0 Å². The molecule has 0 radical (unpaired) electrons. The molecule has 1 unspecified atom stereocenters. The number of hydrogen-bond donors (Lipinski definition) is 0. The lowest BCUT2D eigenvalue weighted by Crippen LogP contribution is -2.46. The van der Waals surface area contributed by atoms with Gasteiger partial charge in [0, 0.05) is 19.3 Å². The summed E-state index contributed by atoms with van der Waals surface area (Å²) in [6.45, 7) is 3.03. The van der Waals surface area contributed by atoms with Crippen LogP contribution in [0.25, 0.3) is 0 Å². The molecule has 2 heterocycles. The van der Waals surface area contributed by atoms with Crippen LogP contribution in [0, 0.1) is 6.92 Å². The number of amides is 1. The highest BCUT2D eigenvalue weighted by molar-refractivity contribution is 5.92. The second kappa shape index (κ2) is 6.42. The largest absolute Gasteiger partial charge is 0.469 e. The van der Waals surface area contributed by atoms with Gasteiger partial charge >= 0.3 is 5.97 Å². The maximum Gasteiger partial charge on any atom is 0.308 e. The number of hydrogen-bond acceptors (Lipinski definition) is 6. The van der Waals surface area contributed by atoms with Crippen LogP contribution in [0.5, 0.6) is 0 Å². The fourth-order valence-corrected chi connectivity index (χ4v) is 1.96. The Morgan fingerprint density at radius 3 is 2.90 bits per heavy atom. The van der Waals surface area contributed by atoms with Crippen LogP contribution in [-0.4, -0.2) is 59.7 Å². The molecule has 1 aromatic heterocycles. The third-order valence-electron chi connectivity index (χ3n) is 3.05. The Morgan fingerprint density at radius 1 is 1.45 bits per heavy atom. The summed E-state index contributed by atoms with van der Waals surface area (Å²) in [5, 5.41) is 0. The maximum atomic E-state index is 12.3. The van der Waals surface area contributed by atoms with Gasteiger partial charge in [-0.25, -0.2) is 4.98 Å². The number of esters is 1. The van der Waals surface area contributed by atoms with Crippen molar-refractivity contribution < 1.29 is 19.1 Å². The second-order valence-corrected chi connectivity index (χ2v) is 4.57. The minimum atomic E-state index is -0.348. The van der Waals surface area contributed by atoms with Crippen molar-refractivity contribution in [3.63, 3.8) is 0 Å². The van der Waals surface area contributed by atoms with Gasteiger partial charge in [-0.15, -0.1) is 0 Å². The molecule has 20 heavy (non-hydrogen) atoms. The van der Waals surface area contributed by atoms with Gasteiger partial charge in [0.15, 0.2) is 0 Å². The monoisotopic (exact) mass is 279 g/mol. The quantitative estimate of drug-likeness (QED) is 0.735. The van der Waals surface area contributed by atoms with Crippen LogP contribution in [0.4, 0.5) is 0 Å². The molecule has 0 N–H and O–H groups in total. The van der Waals surface area contributed by atoms with E-state index in [-0.39, 0.29) is 24.4 Å². The molecule has 108 valence electrons. The van der Waals surface area contributed by atoms with E-state index in [0.717, 1.165) is 5.69 Å². The molecule has 0 saturated carbocycles. The first-order chi connectivity index (χ1) is 9.60. The molecule has 1 aliphatic rings. The highest BCUT2D eigenvalue weighted by Gasteiger charge is 2.27. The Balaban J connectivity index is 1.99. The lowest BCUT2D eigenvalue weighted by molar-refractivity contribution is -0.145. The maximum absolute atomic E-state index is 12.3. The molecule has 1 saturated heterocycles. The highest BCUT2D eigenvalue weighted by atomic mass is 16.5. The van der Waals surface area contributed by atoms with Gasteiger partial charge < -0.3 is 14.4 Å². The molecule has 7 nitrogen and oxygen atoms in total. The van der Waals surface area contributed by atoms with Crippen molar-refractivity contribution in [3.05, 3.63) is 23.8 Å². The standard InChI is InChI=1S/C13H17N3O4/c1-9-6-15-11(7-14-9)13(18)16-3-4-20-10(8-16)5-12(17)19-2/h6-7,10H,3-5,8H2,1-2H3. The molecule has 1 amide bonds. The van der Waals surface area contributed by atoms with E-state index < -0.39 is 0 Å². The summed E-state index contributed by atoms with van der Waals surface area (Å²) in [7, 11) is 1.33. The average molecular weight is 279 g/mol. The number of aryl methyl sites for hydroxylation is 1. The van der Waals surface area contributed by atoms with Crippen molar-refractivity contribution >= 4 is 11.9 Å². The number of carbonyl (C=O) groups excluding carboxylic acids is 2. The first-order valence-electron chi connectivity index (χ1n) is 6.36. The van der Waals surface area contributed by atoms with Crippen LogP contribution in [0.3, 0.4) is 0 Å². The van der Waals surface area contributed by atoms with Gasteiger partial charge in [-0.1, -0.05) is 0 Å². The van der Waals surface area contributed by atoms with Gasteiger partial charge in [0.1, 0.15) is 5.69 Å². The molecule has 1 fully saturated rings. The molecule has 0 bridgehead atoms. The Labute approximate surface area is 116 Å². The van der Waals surface area contributed by atoms with Crippen LogP contribution in [0.1, 0.15) is 22.6 Å². The number of rotatable bonds is 3. The molecule has 1 atom stereocenters. The minimum Gasteiger partial charge on any atom is -0.469 e. The molecule has 0 spiro atoms. The third-order valence-corrected chi connectivity index (χ3v) is 3.05. The Kier molecular flexibility index (Phi) is 4.62. The summed E-state index contributed by atoms with van der Waals surface area (Å²) in [5.41, 5.74) is 1.06. The highest BCUT2D eigenvalue weighted by Crippen LogP contribution is 2.12. The van der Waals surface area contributed by atoms with Gasteiger partial charge in [-0.2, -0.15) is 0 Å². The second-order valence-electron chi connectivity index (χ2n) is 4.57. The fraction of sp³-hybridized carbons (Fsp3) is 0.538. The summed E-state index contributed by atoms with van der Waals surface area (Å²) in [6.07, 6.45) is 2.82. The van der Waals surface area contributed by atoms with Crippen LogP contribution in [0.15, 0.2) is 12.4 Å². The SMILES string of the molecule is COC(=O)CC1CN(C(=O)c2cnc(C)cn2)CCO1. The Morgan fingerprint density at radius 2 is 2.25 bits per heavy atom. The van der Waals surface area contributed by atoms with Gasteiger partial charge in [0.25, 0.3) is 5.91 Å². The van der Waals surface area contributed by atoms with E-state index in [2.05, 4.69) is 14.7 Å². The van der Waals surface area contributed by atoms with E-state index in [1.807, 2.05) is 6.92 Å². The summed E-state index contributed by atoms with van der Waals surface area (Å²) in [5.74, 6) is -0.546. The van der Waals surface area contributed by atoms with Gasteiger partial charge in [0.05, 0.1) is 38.1 Å². The molecule has 7 heteroatoms. The fourth-order valence-electron chi connectivity index (χ4n) is 1.96. The van der Waals surface area contributed by atoms with E-state index in [1.165, 1.54) is 13.3 Å². The van der Waals surface area contributed by atoms with Gasteiger partial charge in [-0.05, 0) is 6.92 Å². The van der Waals surface area contributed by atoms with E-state index in [1.54, 1.807) is 11.1 Å². The minimum absolute atomic E-state index is 0.139. The van der Waals surface area contributed by atoms with E-state index in [9.17, 15) is 9.59 Å². The molecule has 1 aromatic rings. The first kappa shape index (κ1) is 14.4. The average Bonchev–Trinajstić information content (AvgIpc) is 2.47. The summed E-state index contributed by atoms with van der Waals surface area (Å²) in [4.78, 5) is 33.3. The van der Waals surface area contributed by atoms with Gasteiger partial charge in [0.2, 0.25) is 0 Å². The van der Waals surface area contributed by atoms with Crippen molar-refractivity contribution in [2.45, 2.75) is 19.4 Å². The topological polar surface area (TPSA) is 81.6 Å². The Hall–Kier alpha value is -2.02. The number of nitrogens with zero attached hydrogens (tertiary/aromatic N) is 3. The van der Waals surface area contributed by atoms with Crippen molar-refractivity contribution in [1.82, 2.24) is 14.9 Å². The number of carbonyl (C=O) groups is 2. The van der Waals surface area contributed by atoms with E-state index in [0.29, 0.717) is 25.4 Å². The third kappa shape index (κ3) is 3.51. The summed E-state index contributed by atoms with van der Waals surface area (Å²) >= 11 is 0. The van der Waals surface area contributed by atoms with Crippen molar-refractivity contribution in [3.8, 4) is 0 Å². The van der Waals surface area contributed by atoms with Crippen LogP contribution in [-0.2, 0) is 14.3 Å². The van der Waals surface area contributed by atoms with Crippen LogP contribution >= 0.6 is 0 Å². The lowest BCUT2D eigenvalue weighted by Gasteiger charge is -2.32. The molecular weight excluding hydrogens is 262 g/mol. The number of methoxy groups -OCH3 is 1. The number of aromatic nitrogens is 2. The zero-order chi connectivity index (χ0) is 14.5. The molecular formula is C13H17N3O4. The zero-order valence-corrected chi connectivity index (χ0v) is 11.5. The number of morpholine rings is 1. The molecule has 0 aliphatic carbocycles. The van der Waals surface area contributed by atoms with Crippen molar-refractivity contribution in [2.24, 2.45) is 0 Å². The zero-order valence-electron chi connectivity index (χ0n) is 11.5. The molecule has 2 rings (SSSR count). The Bertz CT molecular complexity index is 489. The smallest absolute Gasteiger partial charge is 0.308 e. The van der Waals surface area contributed by atoms with Crippen LogP contribution < -0.4 is 0 Å². The first-order valence-corrected chi connectivity index (χ1v) is 6.36. The van der Waals surface area contributed by atoms with E-state index in [4.69, 9.17) is 4.74 Å². The molecule has 0 aromatic carbocycles. The van der Waals surface area contributed by atoms with Gasteiger partial charge in [-0.3, -0.25) is 14.6 Å². The summed E-state index contributed by atoms with van der Waals surface area (Å²) in [6, 6.07) is 0. The predicted octanol–water partition coefficient (Wildman–Crippen LogP) is 0.189. The number of ether oxygens (including phenoxy) is 2. The van der Waals surface area contributed by atoms with Crippen LogP contribution in [0.2, 0.25) is 0 Å². The molecule has 1 aliphatic heterocycles. The van der Waals surface area contributed by atoms with Crippen molar-refractivity contribution in [1.29, 1.82) is 0 Å². The normalized spacial score (nSPS) is 18.7. The lowest BCUT2D eigenvalue weighted by atomic mass is 10.2. The van der Waals surface area contributed by atoms with Crippen molar-refractivity contribution in [2.75, 3.05) is 26.8 Å².